The Kier molecular flexibility index (Phi) is 5.29. The number of carbonyl (C=O) groups excluding carboxylic acids is 1. The molecule has 0 saturated heterocycles. The summed E-state index contributed by atoms with van der Waals surface area (Å²) in [6.07, 6.45) is 0. The van der Waals surface area contributed by atoms with Crippen LogP contribution in [0.3, 0.4) is 0 Å². The summed E-state index contributed by atoms with van der Waals surface area (Å²) in [7, 11) is -2.53. The number of ether oxygens (including phenoxy) is 1. The highest BCUT2D eigenvalue weighted by Crippen LogP contribution is 2.28. The van der Waals surface area contributed by atoms with Crippen LogP contribution in [-0.4, -0.2) is 26.5 Å². The lowest BCUT2D eigenvalue weighted by atomic mass is 10.1. The largest absolute Gasteiger partial charge is 0.465 e. The van der Waals surface area contributed by atoms with E-state index in [1.807, 2.05) is 37.4 Å². The van der Waals surface area contributed by atoms with Crippen molar-refractivity contribution in [1.29, 1.82) is 0 Å². The molecule has 140 valence electrons. The standard InChI is InChI=1S/C19H18N2O4S2/c1-12-4-5-15(10-13(12)2)17-11-26-19(20-17)21-27(23,24)16-8-6-14(7-9-16)18(22)25-3/h4-11H,1-3H3,(H,20,21). The minimum Gasteiger partial charge on any atom is -0.465 e. The second-order valence-electron chi connectivity index (χ2n) is 5.96. The maximum atomic E-state index is 12.5. The summed E-state index contributed by atoms with van der Waals surface area (Å²) in [4.78, 5) is 15.9. The first-order valence-corrected chi connectivity index (χ1v) is 10.4. The van der Waals surface area contributed by atoms with Crippen LogP contribution >= 0.6 is 11.3 Å². The van der Waals surface area contributed by atoms with Crippen molar-refractivity contribution in [2.45, 2.75) is 18.7 Å². The summed E-state index contributed by atoms with van der Waals surface area (Å²) in [5.41, 5.74) is 4.26. The monoisotopic (exact) mass is 402 g/mol. The predicted molar refractivity (Wildman–Crippen MR) is 106 cm³/mol. The van der Waals surface area contributed by atoms with Gasteiger partial charge in [0.1, 0.15) is 0 Å². The lowest BCUT2D eigenvalue weighted by Crippen LogP contribution is -2.13. The number of nitrogens with zero attached hydrogens (tertiary/aromatic N) is 1. The maximum Gasteiger partial charge on any atom is 0.337 e. The van der Waals surface area contributed by atoms with E-state index in [2.05, 4.69) is 14.4 Å². The number of sulfonamides is 1. The average Bonchev–Trinajstić information content (AvgIpc) is 3.11. The van der Waals surface area contributed by atoms with Crippen molar-refractivity contribution in [3.8, 4) is 11.3 Å². The van der Waals surface area contributed by atoms with E-state index >= 15 is 0 Å². The molecule has 8 heteroatoms. The van der Waals surface area contributed by atoms with Crippen LogP contribution in [0.4, 0.5) is 5.13 Å². The first kappa shape index (κ1) is 19.1. The van der Waals surface area contributed by atoms with E-state index in [1.165, 1.54) is 48.3 Å². The number of aryl methyl sites for hydroxylation is 2. The third-order valence-electron chi connectivity index (χ3n) is 4.11. The zero-order chi connectivity index (χ0) is 19.6. The number of benzene rings is 2. The Balaban J connectivity index is 1.81. The van der Waals surface area contributed by atoms with Crippen molar-refractivity contribution in [2.75, 3.05) is 11.8 Å². The van der Waals surface area contributed by atoms with Crippen LogP contribution in [-0.2, 0) is 14.8 Å². The quantitative estimate of drug-likeness (QED) is 0.652. The molecule has 1 N–H and O–H groups in total. The minimum atomic E-state index is -3.80. The lowest BCUT2D eigenvalue weighted by Gasteiger charge is -2.06. The summed E-state index contributed by atoms with van der Waals surface area (Å²) in [6.45, 7) is 4.05. The summed E-state index contributed by atoms with van der Waals surface area (Å²) < 4.78 is 32.2. The highest BCUT2D eigenvalue weighted by molar-refractivity contribution is 7.93. The molecule has 0 amide bonds. The number of thiazole rings is 1. The van der Waals surface area contributed by atoms with Gasteiger partial charge in [-0.25, -0.2) is 18.2 Å². The van der Waals surface area contributed by atoms with Crippen LogP contribution in [0.5, 0.6) is 0 Å². The van der Waals surface area contributed by atoms with Crippen LogP contribution in [0.2, 0.25) is 0 Å². The summed E-state index contributed by atoms with van der Waals surface area (Å²) in [5, 5.41) is 2.09. The Bertz CT molecular complexity index is 1090. The molecular weight excluding hydrogens is 384 g/mol. The molecule has 0 aliphatic rings. The molecule has 2 aromatic carbocycles. The molecule has 0 saturated carbocycles. The molecule has 3 aromatic rings. The van der Waals surface area contributed by atoms with Crippen LogP contribution in [0, 0.1) is 13.8 Å². The van der Waals surface area contributed by atoms with Crippen molar-refractivity contribution >= 4 is 32.5 Å². The number of aromatic nitrogens is 1. The molecule has 0 aliphatic carbocycles. The third kappa shape index (κ3) is 4.17. The van der Waals surface area contributed by atoms with E-state index in [1.54, 1.807) is 0 Å². The molecule has 1 heterocycles. The SMILES string of the molecule is COC(=O)c1ccc(S(=O)(=O)Nc2nc(-c3ccc(C)c(C)c3)cs2)cc1. The van der Waals surface area contributed by atoms with E-state index < -0.39 is 16.0 Å². The zero-order valence-electron chi connectivity index (χ0n) is 15.0. The van der Waals surface area contributed by atoms with Gasteiger partial charge in [-0.3, -0.25) is 4.72 Å². The second kappa shape index (κ2) is 7.50. The molecule has 1 aromatic heterocycles. The van der Waals surface area contributed by atoms with Gasteiger partial charge in [-0.05, 0) is 55.3 Å². The predicted octanol–water partition coefficient (Wildman–Crippen LogP) is 4.01. The lowest BCUT2D eigenvalue weighted by molar-refractivity contribution is 0.0600. The van der Waals surface area contributed by atoms with Crippen molar-refractivity contribution in [2.24, 2.45) is 0 Å². The van der Waals surface area contributed by atoms with E-state index in [9.17, 15) is 13.2 Å². The molecule has 0 fully saturated rings. The van der Waals surface area contributed by atoms with Gasteiger partial charge >= 0.3 is 5.97 Å². The third-order valence-corrected chi connectivity index (χ3v) is 6.36. The molecule has 0 atom stereocenters. The Labute approximate surface area is 161 Å². The first-order chi connectivity index (χ1) is 12.8. The first-order valence-electron chi connectivity index (χ1n) is 8.04. The number of esters is 1. The number of rotatable bonds is 5. The van der Waals surface area contributed by atoms with Crippen molar-refractivity contribution in [3.05, 3.63) is 64.5 Å². The average molecular weight is 402 g/mol. The summed E-state index contributed by atoms with van der Waals surface area (Å²) in [6, 6.07) is 11.5. The van der Waals surface area contributed by atoms with Crippen LogP contribution in [0.15, 0.2) is 52.7 Å². The molecule has 6 nitrogen and oxygen atoms in total. The Morgan fingerprint density at radius 2 is 1.78 bits per heavy atom. The van der Waals surface area contributed by atoms with Crippen molar-refractivity contribution in [3.63, 3.8) is 0 Å². The van der Waals surface area contributed by atoms with Gasteiger partial charge in [0.2, 0.25) is 0 Å². The number of anilines is 1. The van der Waals surface area contributed by atoms with Crippen LogP contribution in [0.1, 0.15) is 21.5 Å². The van der Waals surface area contributed by atoms with Gasteiger partial charge in [-0.1, -0.05) is 12.1 Å². The molecule has 3 rings (SSSR count). The number of hydrogen-bond acceptors (Lipinski definition) is 6. The van der Waals surface area contributed by atoms with Crippen LogP contribution in [0.25, 0.3) is 11.3 Å². The molecule has 0 spiro atoms. The highest BCUT2D eigenvalue weighted by atomic mass is 32.2. The fourth-order valence-corrected chi connectivity index (χ4v) is 4.39. The second-order valence-corrected chi connectivity index (χ2v) is 8.50. The van der Waals surface area contributed by atoms with Gasteiger partial charge in [0, 0.05) is 10.9 Å². The van der Waals surface area contributed by atoms with Gasteiger partial charge in [0.25, 0.3) is 10.0 Å². The normalized spacial score (nSPS) is 11.2. The minimum absolute atomic E-state index is 0.0399. The summed E-state index contributed by atoms with van der Waals surface area (Å²) in [5.74, 6) is -0.523. The Morgan fingerprint density at radius 1 is 1.07 bits per heavy atom. The van der Waals surface area contributed by atoms with Gasteiger partial charge < -0.3 is 4.74 Å². The number of carbonyl (C=O) groups is 1. The number of nitrogens with one attached hydrogen (secondary N) is 1. The fourth-order valence-electron chi connectivity index (χ4n) is 2.42. The van der Waals surface area contributed by atoms with Gasteiger partial charge in [-0.2, -0.15) is 0 Å². The Hall–Kier alpha value is -2.71. The van der Waals surface area contributed by atoms with Gasteiger partial charge in [-0.15, -0.1) is 11.3 Å². The van der Waals surface area contributed by atoms with E-state index in [0.717, 1.165) is 11.1 Å². The van der Waals surface area contributed by atoms with E-state index in [0.29, 0.717) is 5.69 Å². The molecule has 0 bridgehead atoms. The smallest absolute Gasteiger partial charge is 0.337 e. The maximum absolute atomic E-state index is 12.5. The fraction of sp³-hybridized carbons (Fsp3) is 0.158. The molecule has 0 radical (unpaired) electrons. The molecule has 27 heavy (non-hydrogen) atoms. The Morgan fingerprint density at radius 3 is 2.41 bits per heavy atom. The molecule has 0 unspecified atom stereocenters. The van der Waals surface area contributed by atoms with E-state index in [-0.39, 0.29) is 15.6 Å². The zero-order valence-corrected chi connectivity index (χ0v) is 16.6. The van der Waals surface area contributed by atoms with Crippen molar-refractivity contribution in [1.82, 2.24) is 4.98 Å². The topological polar surface area (TPSA) is 85.4 Å². The number of hydrogen-bond donors (Lipinski definition) is 1. The van der Waals surface area contributed by atoms with Gasteiger partial charge in [0.05, 0.1) is 23.3 Å². The van der Waals surface area contributed by atoms with Crippen molar-refractivity contribution < 1.29 is 17.9 Å². The molecule has 0 aliphatic heterocycles. The van der Waals surface area contributed by atoms with E-state index in [4.69, 9.17) is 0 Å². The van der Waals surface area contributed by atoms with Crippen LogP contribution < -0.4 is 4.72 Å². The summed E-state index contributed by atoms with van der Waals surface area (Å²) >= 11 is 1.21. The molecular formula is C19H18N2O4S2. The van der Waals surface area contributed by atoms with Gasteiger partial charge in [0.15, 0.2) is 5.13 Å². The number of methoxy groups -OCH3 is 1. The highest BCUT2D eigenvalue weighted by Gasteiger charge is 2.17.